The molecule has 2 aliphatic carbocycles. The first-order chi connectivity index (χ1) is 16.1. The normalized spacial score (nSPS) is 16.9. The maximum atomic E-state index is 13.6. The zero-order valence-corrected chi connectivity index (χ0v) is 20.8. The van der Waals surface area contributed by atoms with Crippen LogP contribution in [0.4, 0.5) is 0 Å². The highest BCUT2D eigenvalue weighted by atomic mass is 32.2. The third kappa shape index (κ3) is 4.90. The average molecular weight is 482 g/mol. The van der Waals surface area contributed by atoms with Gasteiger partial charge >= 0.3 is 0 Å². The van der Waals surface area contributed by atoms with Crippen molar-refractivity contribution < 1.29 is 4.79 Å². The molecule has 1 saturated carbocycles. The van der Waals surface area contributed by atoms with Gasteiger partial charge in [-0.15, -0.1) is 11.3 Å². The van der Waals surface area contributed by atoms with Crippen molar-refractivity contribution in [3.05, 3.63) is 56.7 Å². The smallest absolute Gasteiger partial charge is 0.263 e. The molecule has 0 spiro atoms. The molecule has 0 bridgehead atoms. The lowest BCUT2D eigenvalue weighted by atomic mass is 10.1. The molecular formula is C26H31N3O2S2. The molecule has 1 aromatic carbocycles. The minimum Gasteiger partial charge on any atom is -0.353 e. The Kier molecular flexibility index (Phi) is 6.88. The molecule has 33 heavy (non-hydrogen) atoms. The highest BCUT2D eigenvalue weighted by Gasteiger charge is 2.27. The number of carbonyl (C=O) groups is 1. The molecule has 2 aliphatic rings. The first-order valence-corrected chi connectivity index (χ1v) is 13.9. The van der Waals surface area contributed by atoms with Gasteiger partial charge in [0, 0.05) is 17.0 Å². The first kappa shape index (κ1) is 22.7. The Hall–Kier alpha value is -2.12. The summed E-state index contributed by atoms with van der Waals surface area (Å²) in [7, 11) is 0. The highest BCUT2D eigenvalue weighted by Crippen LogP contribution is 2.38. The van der Waals surface area contributed by atoms with E-state index in [1.807, 2.05) is 22.8 Å². The van der Waals surface area contributed by atoms with Gasteiger partial charge in [-0.3, -0.25) is 14.2 Å². The number of aryl methyl sites for hydroxylation is 3. The molecule has 2 aromatic heterocycles. The van der Waals surface area contributed by atoms with Crippen LogP contribution in [0.15, 0.2) is 40.3 Å². The number of carbonyl (C=O) groups excluding carboxylic acids is 1. The summed E-state index contributed by atoms with van der Waals surface area (Å²) >= 11 is 3.09. The number of nitrogens with one attached hydrogen (secondary N) is 1. The second kappa shape index (κ2) is 10.0. The van der Waals surface area contributed by atoms with E-state index < -0.39 is 0 Å². The van der Waals surface area contributed by atoms with E-state index in [1.54, 1.807) is 11.3 Å². The van der Waals surface area contributed by atoms with E-state index in [4.69, 9.17) is 4.98 Å². The number of amides is 1. The average Bonchev–Trinajstić information content (AvgIpc) is 3.55. The topological polar surface area (TPSA) is 64.0 Å². The van der Waals surface area contributed by atoms with Gasteiger partial charge in [-0.25, -0.2) is 4.98 Å². The third-order valence-corrected chi connectivity index (χ3v) is 9.02. The molecule has 1 amide bonds. The Balaban J connectivity index is 1.29. The van der Waals surface area contributed by atoms with Crippen LogP contribution in [0.25, 0.3) is 10.2 Å². The highest BCUT2D eigenvalue weighted by molar-refractivity contribution is 7.99. The zero-order chi connectivity index (χ0) is 22.8. The van der Waals surface area contributed by atoms with Gasteiger partial charge in [-0.05, 0) is 63.0 Å². The lowest BCUT2D eigenvalue weighted by molar-refractivity contribution is -0.119. The van der Waals surface area contributed by atoms with Gasteiger partial charge in [0.2, 0.25) is 5.91 Å². The Bertz CT molecular complexity index is 1200. The van der Waals surface area contributed by atoms with Gasteiger partial charge in [-0.1, -0.05) is 54.9 Å². The number of nitrogens with zero attached hydrogens (tertiary/aromatic N) is 2. The molecular weight excluding hydrogens is 450 g/mol. The molecule has 3 aromatic rings. The summed E-state index contributed by atoms with van der Waals surface area (Å²) in [6.07, 6.45) is 9.39. The summed E-state index contributed by atoms with van der Waals surface area (Å²) in [6.45, 7) is 2.05. The third-order valence-electron chi connectivity index (χ3n) is 6.88. The second-order valence-electron chi connectivity index (χ2n) is 9.33. The standard InChI is InChI=1S/C26H31N3O2S2/c1-17(14-15-18-8-3-2-4-9-18)27-22(30)16-32-26-28-24-23(20-12-7-13-21(20)33-24)25(31)29(26)19-10-5-6-11-19/h2-4,8-9,17,19H,5-7,10-16H2,1H3,(H,27,30). The number of aromatic nitrogens is 2. The maximum absolute atomic E-state index is 13.6. The van der Waals surface area contributed by atoms with Gasteiger partial charge in [0.15, 0.2) is 5.16 Å². The predicted molar refractivity (Wildman–Crippen MR) is 137 cm³/mol. The molecule has 0 aliphatic heterocycles. The van der Waals surface area contributed by atoms with E-state index in [-0.39, 0.29) is 29.3 Å². The second-order valence-corrected chi connectivity index (χ2v) is 11.4. The van der Waals surface area contributed by atoms with E-state index in [0.717, 1.165) is 68.0 Å². The van der Waals surface area contributed by atoms with E-state index in [1.165, 1.54) is 27.8 Å². The fraction of sp³-hybridized carbons (Fsp3) is 0.500. The lowest BCUT2D eigenvalue weighted by Gasteiger charge is -2.18. The molecule has 0 saturated heterocycles. The number of rotatable bonds is 8. The number of benzene rings is 1. The molecule has 7 heteroatoms. The summed E-state index contributed by atoms with van der Waals surface area (Å²) in [4.78, 5) is 33.4. The van der Waals surface area contributed by atoms with Crippen molar-refractivity contribution >= 4 is 39.2 Å². The summed E-state index contributed by atoms with van der Waals surface area (Å²) in [5.74, 6) is 0.285. The molecule has 1 unspecified atom stereocenters. The van der Waals surface area contributed by atoms with Gasteiger partial charge in [0.25, 0.3) is 5.56 Å². The fourth-order valence-electron chi connectivity index (χ4n) is 5.17. The Labute approximate surface area is 203 Å². The van der Waals surface area contributed by atoms with Crippen molar-refractivity contribution in [2.45, 2.75) is 82.0 Å². The summed E-state index contributed by atoms with van der Waals surface area (Å²) in [5.41, 5.74) is 2.64. The van der Waals surface area contributed by atoms with Crippen molar-refractivity contribution in [1.82, 2.24) is 14.9 Å². The fourth-order valence-corrected chi connectivity index (χ4v) is 7.35. The predicted octanol–water partition coefficient (Wildman–Crippen LogP) is 5.29. The Morgan fingerprint density at radius 2 is 2.00 bits per heavy atom. The number of hydrogen-bond acceptors (Lipinski definition) is 5. The van der Waals surface area contributed by atoms with Crippen LogP contribution in [0.1, 0.15) is 67.5 Å². The van der Waals surface area contributed by atoms with Crippen molar-refractivity contribution in [3.8, 4) is 0 Å². The van der Waals surface area contributed by atoms with Crippen molar-refractivity contribution in [3.63, 3.8) is 0 Å². The monoisotopic (exact) mass is 481 g/mol. The molecule has 174 valence electrons. The number of hydrogen-bond donors (Lipinski definition) is 1. The van der Waals surface area contributed by atoms with Crippen LogP contribution >= 0.6 is 23.1 Å². The van der Waals surface area contributed by atoms with Crippen LogP contribution in [0.2, 0.25) is 0 Å². The van der Waals surface area contributed by atoms with Crippen LogP contribution in [0.5, 0.6) is 0 Å². The van der Waals surface area contributed by atoms with Crippen molar-refractivity contribution in [2.24, 2.45) is 0 Å². The summed E-state index contributed by atoms with van der Waals surface area (Å²) in [6, 6.07) is 10.7. The van der Waals surface area contributed by atoms with Gasteiger partial charge in [0.1, 0.15) is 4.83 Å². The van der Waals surface area contributed by atoms with Crippen LogP contribution in [-0.2, 0) is 24.1 Å². The maximum Gasteiger partial charge on any atom is 0.263 e. The zero-order valence-electron chi connectivity index (χ0n) is 19.1. The molecule has 5 rings (SSSR count). The van der Waals surface area contributed by atoms with E-state index >= 15 is 0 Å². The van der Waals surface area contributed by atoms with E-state index in [0.29, 0.717) is 5.16 Å². The van der Waals surface area contributed by atoms with Crippen LogP contribution in [0, 0.1) is 0 Å². The Morgan fingerprint density at radius 1 is 1.21 bits per heavy atom. The van der Waals surface area contributed by atoms with Crippen molar-refractivity contribution in [1.29, 1.82) is 0 Å². The minimum atomic E-state index is 0.00144. The molecule has 1 N–H and O–H groups in total. The molecule has 0 radical (unpaired) electrons. The molecule has 1 fully saturated rings. The van der Waals surface area contributed by atoms with Gasteiger partial charge in [-0.2, -0.15) is 0 Å². The van der Waals surface area contributed by atoms with Crippen LogP contribution in [0.3, 0.4) is 0 Å². The summed E-state index contributed by atoms with van der Waals surface area (Å²) < 4.78 is 1.93. The molecule has 2 heterocycles. The van der Waals surface area contributed by atoms with Gasteiger partial charge in [0.05, 0.1) is 11.1 Å². The van der Waals surface area contributed by atoms with Crippen LogP contribution < -0.4 is 10.9 Å². The van der Waals surface area contributed by atoms with Crippen LogP contribution in [-0.4, -0.2) is 27.3 Å². The lowest BCUT2D eigenvalue weighted by Crippen LogP contribution is -2.34. The first-order valence-electron chi connectivity index (χ1n) is 12.1. The molecule has 1 atom stereocenters. The number of thiophene rings is 1. The SMILES string of the molecule is CC(CCc1ccccc1)NC(=O)CSc1nc2sc3c(c2c(=O)n1C1CCCC1)CCC3. The van der Waals surface area contributed by atoms with Crippen molar-refractivity contribution in [2.75, 3.05) is 5.75 Å². The summed E-state index contributed by atoms with van der Waals surface area (Å²) in [5, 5.41) is 4.68. The Morgan fingerprint density at radius 3 is 2.79 bits per heavy atom. The van der Waals surface area contributed by atoms with E-state index in [2.05, 4.69) is 24.4 Å². The quantitative estimate of drug-likeness (QED) is 0.351. The van der Waals surface area contributed by atoms with E-state index in [9.17, 15) is 9.59 Å². The largest absolute Gasteiger partial charge is 0.353 e. The van der Waals surface area contributed by atoms with Gasteiger partial charge < -0.3 is 5.32 Å². The molecule has 5 nitrogen and oxygen atoms in total. The number of fused-ring (bicyclic) bond motifs is 3. The minimum absolute atomic E-state index is 0.00144. The number of thioether (sulfide) groups is 1.